The van der Waals surface area contributed by atoms with Gasteiger partial charge in [0.25, 0.3) is 5.91 Å². The second kappa shape index (κ2) is 11.8. The number of carbonyl (C=O) groups excluding carboxylic acids is 3. The standard InChI is InChI=1S/C28H32N2O6.B/c1-34-27-15-19(7-10-26(27)35-14-13-29-11-2-3-12-29)18-36-25-6-4-5-21-22(25)17-30(28(21)33)23-9-8-20(31)16-24(23)32;/h4-7,10,15,23H,2-3,8-9,11-14,16-18H2,1H3;. The van der Waals surface area contributed by atoms with Crippen molar-refractivity contribution in [2.24, 2.45) is 0 Å². The molecule has 8 nitrogen and oxygen atoms in total. The number of carbonyl (C=O) groups is 3. The molecule has 3 aliphatic rings. The van der Waals surface area contributed by atoms with Crippen molar-refractivity contribution in [3.63, 3.8) is 0 Å². The second-order valence-electron chi connectivity index (χ2n) is 9.62. The van der Waals surface area contributed by atoms with Crippen LogP contribution < -0.4 is 14.2 Å². The summed E-state index contributed by atoms with van der Waals surface area (Å²) in [4.78, 5) is 41.1. The molecule has 1 aliphatic carbocycles. The van der Waals surface area contributed by atoms with Crippen LogP contribution in [0.25, 0.3) is 0 Å². The van der Waals surface area contributed by atoms with Crippen LogP contribution in [-0.2, 0) is 22.7 Å². The molecule has 2 aromatic rings. The van der Waals surface area contributed by atoms with Gasteiger partial charge in [-0.3, -0.25) is 19.3 Å². The van der Waals surface area contributed by atoms with Crippen LogP contribution in [0, 0.1) is 0 Å². The Morgan fingerprint density at radius 1 is 0.973 bits per heavy atom. The normalized spacial score (nSPS) is 19.5. The minimum Gasteiger partial charge on any atom is -0.493 e. The number of ketones is 2. The summed E-state index contributed by atoms with van der Waals surface area (Å²) in [6.07, 6.45) is 3.15. The molecule has 0 spiro atoms. The third kappa shape index (κ3) is 5.82. The zero-order chi connectivity index (χ0) is 25.1. The van der Waals surface area contributed by atoms with Gasteiger partial charge in [-0.15, -0.1) is 0 Å². The molecule has 1 saturated heterocycles. The van der Waals surface area contributed by atoms with Crippen molar-refractivity contribution in [3.8, 4) is 17.2 Å². The number of benzene rings is 2. The van der Waals surface area contributed by atoms with E-state index >= 15 is 0 Å². The number of hydrogen-bond acceptors (Lipinski definition) is 7. The number of nitrogens with zero attached hydrogens (tertiary/aromatic N) is 2. The van der Waals surface area contributed by atoms with Crippen molar-refractivity contribution in [3.05, 3.63) is 53.1 Å². The Morgan fingerprint density at radius 3 is 2.54 bits per heavy atom. The number of methoxy groups -OCH3 is 1. The number of likely N-dealkylation sites (tertiary alicyclic amines) is 1. The maximum absolute atomic E-state index is 13.0. The van der Waals surface area contributed by atoms with Crippen molar-refractivity contribution >= 4 is 25.9 Å². The number of rotatable bonds is 9. The molecule has 193 valence electrons. The largest absolute Gasteiger partial charge is 0.493 e. The summed E-state index contributed by atoms with van der Waals surface area (Å²) in [5.41, 5.74) is 2.25. The lowest BCUT2D eigenvalue weighted by atomic mass is 9.92. The van der Waals surface area contributed by atoms with E-state index in [0.29, 0.717) is 55.4 Å². The van der Waals surface area contributed by atoms with E-state index in [1.165, 1.54) is 12.8 Å². The van der Waals surface area contributed by atoms with Crippen LogP contribution in [0.2, 0.25) is 0 Å². The van der Waals surface area contributed by atoms with Gasteiger partial charge in [0.1, 0.15) is 24.7 Å². The van der Waals surface area contributed by atoms with Gasteiger partial charge in [-0.25, -0.2) is 0 Å². The van der Waals surface area contributed by atoms with Gasteiger partial charge in [0.05, 0.1) is 26.1 Å². The Morgan fingerprint density at radius 2 is 1.78 bits per heavy atom. The number of ether oxygens (including phenoxy) is 3. The molecule has 5 rings (SSSR count). The Labute approximate surface area is 219 Å². The molecule has 0 aromatic heterocycles. The molecule has 0 bridgehead atoms. The molecule has 2 aromatic carbocycles. The maximum atomic E-state index is 13.0. The van der Waals surface area contributed by atoms with Crippen LogP contribution in [0.3, 0.4) is 0 Å². The lowest BCUT2D eigenvalue weighted by molar-refractivity contribution is -0.133. The fraction of sp³-hybridized carbons (Fsp3) is 0.464. The van der Waals surface area contributed by atoms with E-state index in [1.54, 1.807) is 24.1 Å². The van der Waals surface area contributed by atoms with Crippen LogP contribution in [0.4, 0.5) is 0 Å². The highest BCUT2D eigenvalue weighted by Gasteiger charge is 2.40. The van der Waals surface area contributed by atoms with Gasteiger partial charge in [0, 0.05) is 32.5 Å². The predicted molar refractivity (Wildman–Crippen MR) is 138 cm³/mol. The Balaban J connectivity index is 0.00000320. The molecule has 2 aliphatic heterocycles. The summed E-state index contributed by atoms with van der Waals surface area (Å²) in [6, 6.07) is 10.6. The smallest absolute Gasteiger partial charge is 0.255 e. The van der Waals surface area contributed by atoms with E-state index in [2.05, 4.69) is 4.90 Å². The van der Waals surface area contributed by atoms with Crippen molar-refractivity contribution in [1.29, 1.82) is 0 Å². The topological polar surface area (TPSA) is 85.4 Å². The van der Waals surface area contributed by atoms with Gasteiger partial charge in [-0.2, -0.15) is 0 Å². The van der Waals surface area contributed by atoms with Gasteiger partial charge < -0.3 is 19.1 Å². The first-order chi connectivity index (χ1) is 17.5. The molecule has 3 radical (unpaired) electrons. The van der Waals surface area contributed by atoms with E-state index in [0.717, 1.165) is 30.8 Å². The number of hydrogen-bond donors (Lipinski definition) is 0. The van der Waals surface area contributed by atoms with E-state index in [1.807, 2.05) is 24.3 Å². The van der Waals surface area contributed by atoms with E-state index in [-0.39, 0.29) is 32.3 Å². The molecule has 1 unspecified atom stereocenters. The molecule has 2 heterocycles. The summed E-state index contributed by atoms with van der Waals surface area (Å²) in [6.45, 7) is 4.41. The number of amides is 1. The highest BCUT2D eigenvalue weighted by molar-refractivity contribution is 6.07. The predicted octanol–water partition coefficient (Wildman–Crippen LogP) is 3.01. The van der Waals surface area contributed by atoms with Gasteiger partial charge in [-0.05, 0) is 62.2 Å². The van der Waals surface area contributed by atoms with E-state index < -0.39 is 6.04 Å². The third-order valence-corrected chi connectivity index (χ3v) is 7.25. The number of Topliss-reactive ketones (excluding diaryl/α,β-unsaturated/α-hetero) is 2. The van der Waals surface area contributed by atoms with Gasteiger partial charge >= 0.3 is 0 Å². The third-order valence-electron chi connectivity index (χ3n) is 7.25. The van der Waals surface area contributed by atoms with Gasteiger partial charge in [0.2, 0.25) is 0 Å². The summed E-state index contributed by atoms with van der Waals surface area (Å²) in [7, 11) is 1.62. The highest BCUT2D eigenvalue weighted by atomic mass is 16.5. The first-order valence-corrected chi connectivity index (χ1v) is 12.7. The van der Waals surface area contributed by atoms with Crippen molar-refractivity contribution in [2.45, 2.75) is 51.3 Å². The molecule has 37 heavy (non-hydrogen) atoms. The lowest BCUT2D eigenvalue weighted by Gasteiger charge is -2.29. The summed E-state index contributed by atoms with van der Waals surface area (Å²) >= 11 is 0. The highest BCUT2D eigenvalue weighted by Crippen LogP contribution is 2.35. The van der Waals surface area contributed by atoms with E-state index in [4.69, 9.17) is 14.2 Å². The second-order valence-corrected chi connectivity index (χ2v) is 9.62. The Bertz CT molecular complexity index is 1160. The van der Waals surface area contributed by atoms with E-state index in [9.17, 15) is 14.4 Å². The van der Waals surface area contributed by atoms with Crippen LogP contribution in [-0.4, -0.2) is 75.1 Å². The minimum absolute atomic E-state index is 0. The summed E-state index contributed by atoms with van der Waals surface area (Å²) in [5, 5.41) is 0. The molecule has 1 atom stereocenters. The fourth-order valence-corrected chi connectivity index (χ4v) is 5.27. The maximum Gasteiger partial charge on any atom is 0.255 e. The molecule has 9 heteroatoms. The first kappa shape index (κ1) is 26.7. The average Bonchev–Trinajstić information content (AvgIpc) is 3.52. The van der Waals surface area contributed by atoms with Crippen LogP contribution in [0.15, 0.2) is 36.4 Å². The molecular weight excluding hydrogens is 471 g/mol. The van der Waals surface area contributed by atoms with Gasteiger partial charge in [-0.1, -0.05) is 12.1 Å². The number of fused-ring (bicyclic) bond motifs is 1. The minimum atomic E-state index is -0.544. The molecule has 1 amide bonds. The summed E-state index contributed by atoms with van der Waals surface area (Å²) < 4.78 is 17.6. The van der Waals surface area contributed by atoms with Crippen molar-refractivity contribution in [1.82, 2.24) is 9.80 Å². The summed E-state index contributed by atoms with van der Waals surface area (Å²) in [5.74, 6) is 1.57. The average molecular weight is 503 g/mol. The molecule has 1 saturated carbocycles. The Kier molecular flexibility index (Phi) is 8.54. The van der Waals surface area contributed by atoms with Gasteiger partial charge in [0.15, 0.2) is 17.3 Å². The van der Waals surface area contributed by atoms with Crippen LogP contribution >= 0.6 is 0 Å². The SMILES string of the molecule is COc1cc(COc2cccc3c2CN(C2CCC(=O)CC2=O)C3=O)ccc1OCCN1CCCC1.[B]. The monoisotopic (exact) mass is 503 g/mol. The van der Waals surface area contributed by atoms with Crippen molar-refractivity contribution in [2.75, 3.05) is 33.4 Å². The quantitative estimate of drug-likeness (QED) is 0.384. The molecule has 2 fully saturated rings. The zero-order valence-corrected chi connectivity index (χ0v) is 21.2. The van der Waals surface area contributed by atoms with Crippen molar-refractivity contribution < 1.29 is 28.6 Å². The van der Waals surface area contributed by atoms with Crippen LogP contribution in [0.1, 0.15) is 53.6 Å². The fourth-order valence-electron chi connectivity index (χ4n) is 5.27. The first-order valence-electron chi connectivity index (χ1n) is 12.7. The van der Waals surface area contributed by atoms with Crippen LogP contribution in [0.5, 0.6) is 17.2 Å². The Hall–Kier alpha value is -3.33. The lowest BCUT2D eigenvalue weighted by Crippen LogP contribution is -2.44. The molecular formula is C28H32BN2O6. The zero-order valence-electron chi connectivity index (χ0n) is 21.2. The molecule has 0 N–H and O–H groups in total.